The van der Waals surface area contributed by atoms with Gasteiger partial charge in [0, 0.05) is 4.47 Å². The summed E-state index contributed by atoms with van der Waals surface area (Å²) in [4.78, 5) is 3.50. The Morgan fingerprint density at radius 3 is 2.50 bits per heavy atom. The van der Waals surface area contributed by atoms with Crippen molar-refractivity contribution in [3.8, 4) is 0 Å². The van der Waals surface area contributed by atoms with E-state index < -0.39 is 11.7 Å². The number of isothiocyanates is 1. The van der Waals surface area contributed by atoms with Gasteiger partial charge in [-0.1, -0.05) is 0 Å². The van der Waals surface area contributed by atoms with Crippen LogP contribution in [0.5, 0.6) is 0 Å². The topological polar surface area (TPSA) is 12.4 Å². The first kappa shape index (κ1) is 11.4. The maximum Gasteiger partial charge on any atom is 0.416 e. The van der Waals surface area contributed by atoms with Crippen LogP contribution in [0.4, 0.5) is 18.9 Å². The van der Waals surface area contributed by atoms with Crippen LogP contribution in [0.2, 0.25) is 0 Å². The minimum absolute atomic E-state index is 0.120. The van der Waals surface area contributed by atoms with E-state index in [0.717, 1.165) is 12.1 Å². The predicted octanol–water partition coefficient (Wildman–Crippen LogP) is 4.20. The van der Waals surface area contributed by atoms with Gasteiger partial charge < -0.3 is 0 Å². The number of benzene rings is 1. The number of hydrogen-bond acceptors (Lipinski definition) is 2. The normalized spacial score (nSPS) is 10.9. The van der Waals surface area contributed by atoms with Gasteiger partial charge in [0.25, 0.3) is 0 Å². The smallest absolute Gasteiger partial charge is 0.194 e. The largest absolute Gasteiger partial charge is 0.416 e. The van der Waals surface area contributed by atoms with Crippen LogP contribution >= 0.6 is 28.1 Å². The summed E-state index contributed by atoms with van der Waals surface area (Å²) in [6.45, 7) is 0. The first-order chi connectivity index (χ1) is 6.45. The summed E-state index contributed by atoms with van der Waals surface area (Å²) in [7, 11) is 0. The van der Waals surface area contributed by atoms with E-state index in [1.807, 2.05) is 5.16 Å². The molecular weight excluding hydrogens is 279 g/mol. The van der Waals surface area contributed by atoms with Gasteiger partial charge >= 0.3 is 6.18 Å². The fourth-order valence-corrected chi connectivity index (χ4v) is 1.26. The molecule has 0 heterocycles. The summed E-state index contributed by atoms with van der Waals surface area (Å²) in [5.41, 5.74) is -0.639. The molecule has 0 unspecified atom stereocenters. The molecule has 0 bridgehead atoms. The highest BCUT2D eigenvalue weighted by Crippen LogP contribution is 2.34. The van der Waals surface area contributed by atoms with Gasteiger partial charge in [-0.25, -0.2) is 0 Å². The molecule has 0 aliphatic heterocycles. The van der Waals surface area contributed by atoms with E-state index in [4.69, 9.17) is 0 Å². The summed E-state index contributed by atoms with van der Waals surface area (Å²) in [5, 5.41) is 2.01. The Hall–Kier alpha value is -0.710. The standard InChI is InChI=1S/C8H3BrF3NS/c9-6-2-1-5(8(10,11)12)3-7(6)13-4-14/h1-3H. The highest BCUT2D eigenvalue weighted by Gasteiger charge is 2.30. The number of alkyl halides is 3. The summed E-state index contributed by atoms with van der Waals surface area (Å²) < 4.78 is 37.2. The minimum atomic E-state index is -4.37. The Balaban J connectivity index is 3.26. The summed E-state index contributed by atoms with van der Waals surface area (Å²) in [6, 6.07) is 3.14. The number of halogens is 4. The lowest BCUT2D eigenvalue weighted by Gasteiger charge is -2.07. The van der Waals surface area contributed by atoms with E-state index >= 15 is 0 Å². The van der Waals surface area contributed by atoms with Crippen molar-refractivity contribution in [2.24, 2.45) is 4.99 Å². The van der Waals surface area contributed by atoms with Gasteiger partial charge in [0.1, 0.15) is 0 Å². The van der Waals surface area contributed by atoms with Gasteiger partial charge in [-0.15, -0.1) is 0 Å². The van der Waals surface area contributed by atoms with Gasteiger partial charge in [0.2, 0.25) is 0 Å². The quantitative estimate of drug-likeness (QED) is 0.555. The zero-order chi connectivity index (χ0) is 10.8. The fraction of sp³-hybridized carbons (Fsp3) is 0.125. The van der Waals surface area contributed by atoms with Crippen molar-refractivity contribution in [1.29, 1.82) is 0 Å². The number of nitrogens with zero attached hydrogens (tertiary/aromatic N) is 1. The first-order valence-electron chi connectivity index (χ1n) is 3.40. The first-order valence-corrected chi connectivity index (χ1v) is 4.60. The van der Waals surface area contributed by atoms with Crippen LogP contribution in [-0.4, -0.2) is 5.16 Å². The van der Waals surface area contributed by atoms with Crippen molar-refractivity contribution in [1.82, 2.24) is 0 Å². The van der Waals surface area contributed by atoms with Crippen molar-refractivity contribution in [2.45, 2.75) is 6.18 Å². The Kier molecular flexibility index (Phi) is 3.42. The zero-order valence-electron chi connectivity index (χ0n) is 6.60. The Morgan fingerprint density at radius 2 is 2.00 bits per heavy atom. The second-order valence-corrected chi connectivity index (χ2v) is 3.40. The predicted molar refractivity (Wildman–Crippen MR) is 53.8 cm³/mol. The molecule has 14 heavy (non-hydrogen) atoms. The summed E-state index contributed by atoms with van der Waals surface area (Å²) >= 11 is 7.36. The molecule has 1 nitrogen and oxygen atoms in total. The third-order valence-corrected chi connectivity index (χ3v) is 2.20. The molecule has 0 spiro atoms. The maximum atomic E-state index is 12.2. The van der Waals surface area contributed by atoms with Crippen molar-refractivity contribution < 1.29 is 13.2 Å². The lowest BCUT2D eigenvalue weighted by molar-refractivity contribution is -0.137. The van der Waals surface area contributed by atoms with E-state index in [1.165, 1.54) is 6.07 Å². The Bertz CT molecular complexity index is 396. The van der Waals surface area contributed by atoms with Gasteiger partial charge in [0.05, 0.1) is 16.4 Å². The van der Waals surface area contributed by atoms with Crippen LogP contribution in [0.15, 0.2) is 27.7 Å². The van der Waals surface area contributed by atoms with Crippen molar-refractivity contribution in [3.63, 3.8) is 0 Å². The lowest BCUT2D eigenvalue weighted by Crippen LogP contribution is -2.04. The minimum Gasteiger partial charge on any atom is -0.194 e. The molecule has 0 aliphatic carbocycles. The third-order valence-electron chi connectivity index (χ3n) is 1.44. The van der Waals surface area contributed by atoms with E-state index in [0.29, 0.717) is 4.47 Å². The van der Waals surface area contributed by atoms with Crippen molar-refractivity contribution in [2.75, 3.05) is 0 Å². The molecule has 0 fully saturated rings. The number of aliphatic imine (C=N–C) groups is 1. The lowest BCUT2D eigenvalue weighted by atomic mass is 10.2. The van der Waals surface area contributed by atoms with Crippen LogP contribution < -0.4 is 0 Å². The molecule has 6 heteroatoms. The van der Waals surface area contributed by atoms with Gasteiger partial charge in [-0.05, 0) is 46.3 Å². The maximum absolute atomic E-state index is 12.2. The summed E-state index contributed by atoms with van der Waals surface area (Å²) in [5.74, 6) is 0. The monoisotopic (exact) mass is 281 g/mol. The molecule has 0 aliphatic rings. The molecule has 1 aromatic carbocycles. The van der Waals surface area contributed by atoms with E-state index in [2.05, 4.69) is 33.1 Å². The van der Waals surface area contributed by atoms with Crippen LogP contribution in [0.3, 0.4) is 0 Å². The fourth-order valence-electron chi connectivity index (χ4n) is 0.824. The average molecular weight is 282 g/mol. The van der Waals surface area contributed by atoms with E-state index in [9.17, 15) is 13.2 Å². The van der Waals surface area contributed by atoms with Crippen LogP contribution in [-0.2, 0) is 6.18 Å². The van der Waals surface area contributed by atoms with Crippen LogP contribution in [0.1, 0.15) is 5.56 Å². The molecule has 0 aromatic heterocycles. The second kappa shape index (κ2) is 4.21. The van der Waals surface area contributed by atoms with Gasteiger partial charge in [-0.2, -0.15) is 18.2 Å². The molecule has 74 valence electrons. The SMILES string of the molecule is FC(F)(F)c1ccc(Br)c(N=C=S)c1. The molecule has 0 saturated heterocycles. The highest BCUT2D eigenvalue weighted by molar-refractivity contribution is 9.10. The third kappa shape index (κ3) is 2.64. The highest BCUT2D eigenvalue weighted by atomic mass is 79.9. The Labute approximate surface area is 91.8 Å². The molecule has 0 saturated carbocycles. The molecule has 1 rings (SSSR count). The molecule has 0 amide bonds. The summed E-state index contributed by atoms with van der Waals surface area (Å²) in [6.07, 6.45) is -4.37. The second-order valence-electron chi connectivity index (χ2n) is 2.37. The van der Waals surface area contributed by atoms with E-state index in [-0.39, 0.29) is 5.69 Å². The van der Waals surface area contributed by atoms with Crippen molar-refractivity contribution in [3.05, 3.63) is 28.2 Å². The zero-order valence-corrected chi connectivity index (χ0v) is 9.00. The van der Waals surface area contributed by atoms with Crippen LogP contribution in [0.25, 0.3) is 0 Å². The van der Waals surface area contributed by atoms with Gasteiger partial charge in [0.15, 0.2) is 0 Å². The number of rotatable bonds is 1. The molecule has 0 atom stereocenters. The number of hydrogen-bond donors (Lipinski definition) is 0. The average Bonchev–Trinajstić information content (AvgIpc) is 2.07. The number of thiocarbonyl (C=S) groups is 1. The van der Waals surface area contributed by atoms with Crippen molar-refractivity contribution >= 4 is 39.0 Å². The molecular formula is C8H3BrF3NS. The Morgan fingerprint density at radius 1 is 1.36 bits per heavy atom. The van der Waals surface area contributed by atoms with E-state index in [1.54, 1.807) is 0 Å². The van der Waals surface area contributed by atoms with Crippen LogP contribution in [0, 0.1) is 0 Å². The molecule has 1 aromatic rings. The molecule has 0 N–H and O–H groups in total. The molecule has 0 radical (unpaired) electrons. The van der Waals surface area contributed by atoms with Gasteiger partial charge in [-0.3, -0.25) is 0 Å².